The Hall–Kier alpha value is -2.15. The van der Waals surface area contributed by atoms with Crippen LogP contribution in [0.5, 0.6) is 0 Å². The highest BCUT2D eigenvalue weighted by Crippen LogP contribution is 2.18. The highest BCUT2D eigenvalue weighted by atomic mass is 19.1. The number of hydrogen-bond donors (Lipinski definition) is 1. The third kappa shape index (κ3) is 4.92. The van der Waals surface area contributed by atoms with Gasteiger partial charge in [-0.15, -0.1) is 0 Å². The van der Waals surface area contributed by atoms with Crippen molar-refractivity contribution in [1.29, 1.82) is 0 Å². The van der Waals surface area contributed by atoms with E-state index < -0.39 is 11.9 Å². The van der Waals surface area contributed by atoms with Gasteiger partial charge in [0.05, 0.1) is 12.0 Å². The zero-order valence-corrected chi connectivity index (χ0v) is 15.0. The number of halogens is 1. The van der Waals surface area contributed by atoms with Gasteiger partial charge in [-0.05, 0) is 31.2 Å². The SMILES string of the molecule is CC(CN(C)C(=O)C(C)N1CCN(c2ccc(F)cc2)CC1)C(=O)O. The van der Waals surface area contributed by atoms with Gasteiger partial charge in [0.1, 0.15) is 5.82 Å². The van der Waals surface area contributed by atoms with E-state index in [-0.39, 0.29) is 24.3 Å². The minimum Gasteiger partial charge on any atom is -0.481 e. The van der Waals surface area contributed by atoms with E-state index in [9.17, 15) is 14.0 Å². The van der Waals surface area contributed by atoms with Crippen LogP contribution in [0.1, 0.15) is 13.8 Å². The largest absolute Gasteiger partial charge is 0.481 e. The van der Waals surface area contributed by atoms with Crippen LogP contribution in [-0.2, 0) is 9.59 Å². The van der Waals surface area contributed by atoms with Gasteiger partial charge in [-0.3, -0.25) is 14.5 Å². The molecule has 1 aromatic rings. The molecule has 0 spiro atoms. The topological polar surface area (TPSA) is 64.1 Å². The number of carboxylic acids is 1. The summed E-state index contributed by atoms with van der Waals surface area (Å²) >= 11 is 0. The fraction of sp³-hybridized carbons (Fsp3) is 0.556. The van der Waals surface area contributed by atoms with E-state index in [1.165, 1.54) is 17.0 Å². The van der Waals surface area contributed by atoms with Crippen molar-refractivity contribution in [3.05, 3.63) is 30.1 Å². The van der Waals surface area contributed by atoms with Gasteiger partial charge in [0.25, 0.3) is 0 Å². The molecule has 1 aromatic carbocycles. The van der Waals surface area contributed by atoms with E-state index in [4.69, 9.17) is 5.11 Å². The van der Waals surface area contributed by atoms with E-state index in [1.807, 2.05) is 6.92 Å². The van der Waals surface area contributed by atoms with Crippen molar-refractivity contribution in [2.75, 3.05) is 44.7 Å². The number of aliphatic carboxylic acids is 1. The first-order chi connectivity index (χ1) is 11.8. The Balaban J connectivity index is 1.87. The number of carboxylic acid groups (broad SMARTS) is 1. The van der Waals surface area contributed by atoms with Crippen molar-refractivity contribution in [2.45, 2.75) is 19.9 Å². The lowest BCUT2D eigenvalue weighted by Crippen LogP contribution is -2.54. The first-order valence-electron chi connectivity index (χ1n) is 8.52. The zero-order chi connectivity index (χ0) is 18.6. The summed E-state index contributed by atoms with van der Waals surface area (Å²) in [5.74, 6) is -1.81. The molecule has 1 N–H and O–H groups in total. The Labute approximate surface area is 147 Å². The highest BCUT2D eigenvalue weighted by Gasteiger charge is 2.28. The average Bonchev–Trinajstić information content (AvgIpc) is 2.61. The molecule has 1 saturated heterocycles. The Morgan fingerprint density at radius 1 is 1.16 bits per heavy atom. The lowest BCUT2D eigenvalue weighted by Gasteiger charge is -2.39. The molecule has 1 fully saturated rings. The predicted molar refractivity (Wildman–Crippen MR) is 94.1 cm³/mol. The molecule has 1 amide bonds. The van der Waals surface area contributed by atoms with Gasteiger partial charge < -0.3 is 14.9 Å². The lowest BCUT2D eigenvalue weighted by molar-refractivity contribution is -0.143. The van der Waals surface area contributed by atoms with Crippen molar-refractivity contribution < 1.29 is 19.1 Å². The molecule has 2 unspecified atom stereocenters. The summed E-state index contributed by atoms with van der Waals surface area (Å²) < 4.78 is 13.0. The van der Waals surface area contributed by atoms with Crippen molar-refractivity contribution in [1.82, 2.24) is 9.80 Å². The molecule has 2 atom stereocenters. The normalized spacial score (nSPS) is 17.8. The number of benzene rings is 1. The van der Waals surface area contributed by atoms with Crippen molar-refractivity contribution in [3.8, 4) is 0 Å². The minimum atomic E-state index is -0.903. The number of piperazine rings is 1. The summed E-state index contributed by atoms with van der Waals surface area (Å²) in [6, 6.07) is 6.14. The third-order valence-corrected chi connectivity index (χ3v) is 4.76. The Morgan fingerprint density at radius 3 is 2.24 bits per heavy atom. The summed E-state index contributed by atoms with van der Waals surface area (Å²) in [4.78, 5) is 29.2. The van der Waals surface area contributed by atoms with E-state index in [1.54, 1.807) is 26.1 Å². The molecule has 1 heterocycles. The van der Waals surface area contributed by atoms with Crippen LogP contribution in [0, 0.1) is 11.7 Å². The molecule has 25 heavy (non-hydrogen) atoms. The summed E-state index contributed by atoms with van der Waals surface area (Å²) in [7, 11) is 1.65. The first-order valence-corrected chi connectivity index (χ1v) is 8.52. The number of hydrogen-bond acceptors (Lipinski definition) is 4. The van der Waals surface area contributed by atoms with Crippen LogP contribution >= 0.6 is 0 Å². The number of likely N-dealkylation sites (N-methyl/N-ethyl adjacent to an activating group) is 1. The zero-order valence-electron chi connectivity index (χ0n) is 15.0. The number of carbonyl (C=O) groups excluding carboxylic acids is 1. The fourth-order valence-electron chi connectivity index (χ4n) is 3.07. The first kappa shape index (κ1) is 19.2. The Kier molecular flexibility index (Phi) is 6.36. The van der Waals surface area contributed by atoms with Crippen LogP contribution in [0.25, 0.3) is 0 Å². The second kappa shape index (κ2) is 8.29. The number of carbonyl (C=O) groups is 2. The Morgan fingerprint density at radius 2 is 1.72 bits per heavy atom. The van der Waals surface area contributed by atoms with E-state index in [2.05, 4.69) is 9.80 Å². The average molecular weight is 351 g/mol. The van der Waals surface area contributed by atoms with Crippen LogP contribution in [0.4, 0.5) is 10.1 Å². The number of anilines is 1. The van der Waals surface area contributed by atoms with E-state index in [0.29, 0.717) is 0 Å². The Bertz CT molecular complexity index is 600. The van der Waals surface area contributed by atoms with Gasteiger partial charge in [-0.2, -0.15) is 0 Å². The van der Waals surface area contributed by atoms with Crippen molar-refractivity contribution in [2.24, 2.45) is 5.92 Å². The molecule has 0 aromatic heterocycles. The summed E-state index contributed by atoms with van der Waals surface area (Å²) in [5, 5.41) is 8.98. The van der Waals surface area contributed by atoms with Crippen LogP contribution < -0.4 is 4.90 Å². The summed E-state index contributed by atoms with van der Waals surface area (Å²) in [5.41, 5.74) is 0.979. The van der Waals surface area contributed by atoms with E-state index >= 15 is 0 Å². The van der Waals surface area contributed by atoms with Gasteiger partial charge in [0, 0.05) is 45.5 Å². The standard InChI is InChI=1S/C18H26FN3O3/c1-13(18(24)25)12-20(3)17(23)14(2)21-8-10-22(11-9-21)16-6-4-15(19)5-7-16/h4-7,13-14H,8-12H2,1-3H3,(H,24,25). The van der Waals surface area contributed by atoms with Gasteiger partial charge in [0.2, 0.25) is 5.91 Å². The minimum absolute atomic E-state index is 0.0664. The van der Waals surface area contributed by atoms with Gasteiger partial charge >= 0.3 is 5.97 Å². The maximum atomic E-state index is 13.0. The molecular weight excluding hydrogens is 325 g/mol. The second-order valence-electron chi connectivity index (χ2n) is 6.63. The smallest absolute Gasteiger partial charge is 0.308 e. The third-order valence-electron chi connectivity index (χ3n) is 4.76. The van der Waals surface area contributed by atoms with Crippen molar-refractivity contribution in [3.63, 3.8) is 0 Å². The number of nitrogens with zero attached hydrogens (tertiary/aromatic N) is 3. The molecule has 6 nitrogen and oxygen atoms in total. The van der Waals surface area contributed by atoms with Gasteiger partial charge in [-0.1, -0.05) is 6.92 Å². The van der Waals surface area contributed by atoms with Crippen LogP contribution in [0.2, 0.25) is 0 Å². The monoisotopic (exact) mass is 351 g/mol. The molecule has 0 aliphatic carbocycles. The van der Waals surface area contributed by atoms with Crippen LogP contribution in [-0.4, -0.2) is 72.6 Å². The van der Waals surface area contributed by atoms with E-state index in [0.717, 1.165) is 31.9 Å². The van der Waals surface area contributed by atoms with Gasteiger partial charge in [0.15, 0.2) is 0 Å². The van der Waals surface area contributed by atoms with Crippen LogP contribution in [0.3, 0.4) is 0 Å². The molecule has 1 aliphatic rings. The predicted octanol–water partition coefficient (Wildman–Crippen LogP) is 1.52. The van der Waals surface area contributed by atoms with Crippen LogP contribution in [0.15, 0.2) is 24.3 Å². The lowest BCUT2D eigenvalue weighted by atomic mass is 10.1. The maximum absolute atomic E-state index is 13.0. The number of rotatable bonds is 6. The second-order valence-corrected chi connectivity index (χ2v) is 6.63. The molecule has 2 rings (SSSR count). The summed E-state index contributed by atoms with van der Waals surface area (Å²) in [6.45, 7) is 6.64. The molecule has 1 aliphatic heterocycles. The molecule has 138 valence electrons. The van der Waals surface area contributed by atoms with Crippen molar-refractivity contribution >= 4 is 17.6 Å². The molecule has 0 saturated carbocycles. The quantitative estimate of drug-likeness (QED) is 0.842. The fourth-order valence-corrected chi connectivity index (χ4v) is 3.07. The molecular formula is C18H26FN3O3. The molecule has 7 heteroatoms. The number of amides is 1. The molecule has 0 bridgehead atoms. The molecule has 0 radical (unpaired) electrons. The van der Waals surface area contributed by atoms with Gasteiger partial charge in [-0.25, -0.2) is 4.39 Å². The highest BCUT2D eigenvalue weighted by molar-refractivity contribution is 5.82. The summed E-state index contributed by atoms with van der Waals surface area (Å²) in [6.07, 6.45) is 0. The maximum Gasteiger partial charge on any atom is 0.308 e.